The van der Waals surface area contributed by atoms with Crippen LogP contribution in [0.2, 0.25) is 0 Å². The molecule has 1 aromatic heterocycles. The summed E-state index contributed by atoms with van der Waals surface area (Å²) in [5.41, 5.74) is 6.32. The Balaban J connectivity index is 2.10. The van der Waals surface area contributed by atoms with E-state index in [1.165, 1.54) is 16.7 Å². The third-order valence-electron chi connectivity index (χ3n) is 2.70. The fourth-order valence-electron chi connectivity index (χ4n) is 1.84. The fourth-order valence-corrected chi connectivity index (χ4v) is 2.89. The number of rotatable bonds is 4. The van der Waals surface area contributed by atoms with E-state index in [-0.39, 0.29) is 23.5 Å². The second-order valence-corrected chi connectivity index (χ2v) is 5.28. The van der Waals surface area contributed by atoms with Crippen LogP contribution < -0.4 is 5.73 Å². The minimum atomic E-state index is -0.388. The molecule has 2 N–H and O–H groups in total. The molecule has 1 unspecified atom stereocenters. The lowest BCUT2D eigenvalue weighted by Crippen LogP contribution is -2.31. The van der Waals surface area contributed by atoms with Crippen molar-refractivity contribution >= 4 is 29.3 Å². The van der Waals surface area contributed by atoms with Gasteiger partial charge in [0.15, 0.2) is 0 Å². The highest BCUT2D eigenvalue weighted by Crippen LogP contribution is 2.32. The number of hydrogen-bond acceptors (Lipinski definition) is 5. The van der Waals surface area contributed by atoms with Crippen LogP contribution >= 0.6 is 11.8 Å². The second-order valence-electron chi connectivity index (χ2n) is 4.09. The predicted octanol–water partition coefficient (Wildman–Crippen LogP) is 1.29. The molecule has 2 heterocycles. The van der Waals surface area contributed by atoms with Crippen LogP contribution in [0.3, 0.4) is 0 Å². The number of nitrogens with two attached hydrogens (primary N) is 1. The molecule has 1 aromatic rings. The van der Waals surface area contributed by atoms with Crippen molar-refractivity contribution in [1.29, 1.82) is 0 Å². The first-order valence-electron chi connectivity index (χ1n) is 5.84. The molecular formula is C12H15N3O2S. The molecule has 1 saturated heterocycles. The van der Waals surface area contributed by atoms with E-state index in [0.29, 0.717) is 17.3 Å². The van der Waals surface area contributed by atoms with Crippen LogP contribution in [-0.4, -0.2) is 33.5 Å². The van der Waals surface area contributed by atoms with Crippen molar-refractivity contribution in [2.75, 3.05) is 12.3 Å². The van der Waals surface area contributed by atoms with E-state index < -0.39 is 0 Å². The minimum absolute atomic E-state index is 0.103. The summed E-state index contributed by atoms with van der Waals surface area (Å²) in [5.74, 6) is -0.231. The number of nitrogen functional groups attached to an aromatic ring is 1. The highest BCUT2D eigenvalue weighted by Gasteiger charge is 2.38. The summed E-state index contributed by atoms with van der Waals surface area (Å²) in [6.45, 7) is 2.43. The summed E-state index contributed by atoms with van der Waals surface area (Å²) in [4.78, 5) is 29.2. The molecule has 1 fully saturated rings. The number of amides is 2. The molecule has 0 aromatic carbocycles. The molecule has 18 heavy (non-hydrogen) atoms. The van der Waals surface area contributed by atoms with Crippen LogP contribution in [0.15, 0.2) is 23.4 Å². The number of thioether (sulfide) groups is 1. The summed E-state index contributed by atoms with van der Waals surface area (Å²) in [6, 6.07) is 3.48. The van der Waals surface area contributed by atoms with Crippen molar-refractivity contribution in [3.63, 3.8) is 0 Å². The summed E-state index contributed by atoms with van der Waals surface area (Å²) >= 11 is 1.27. The van der Waals surface area contributed by atoms with Gasteiger partial charge in [0, 0.05) is 19.2 Å². The molecule has 1 aliphatic heterocycles. The van der Waals surface area contributed by atoms with Crippen LogP contribution in [0, 0.1) is 0 Å². The second kappa shape index (κ2) is 5.39. The molecule has 5 nitrogen and oxygen atoms in total. The maximum absolute atomic E-state index is 12.0. The number of imide groups is 1. The van der Waals surface area contributed by atoms with Gasteiger partial charge in [-0.05, 0) is 18.6 Å². The van der Waals surface area contributed by atoms with E-state index in [4.69, 9.17) is 5.73 Å². The van der Waals surface area contributed by atoms with E-state index >= 15 is 0 Å². The molecule has 2 amide bonds. The summed E-state index contributed by atoms with van der Waals surface area (Å²) in [5, 5.41) is 0.225. The Kier molecular flexibility index (Phi) is 3.86. The van der Waals surface area contributed by atoms with Gasteiger partial charge in [-0.15, -0.1) is 0 Å². The number of likely N-dealkylation sites (tertiary alicyclic amines) is 1. The largest absolute Gasteiger partial charge is 0.397 e. The quantitative estimate of drug-likeness (QED) is 0.830. The Hall–Kier alpha value is -1.56. The zero-order valence-corrected chi connectivity index (χ0v) is 10.9. The Morgan fingerprint density at radius 1 is 1.56 bits per heavy atom. The van der Waals surface area contributed by atoms with Crippen molar-refractivity contribution in [2.24, 2.45) is 0 Å². The van der Waals surface area contributed by atoms with Crippen LogP contribution in [0.25, 0.3) is 0 Å². The third kappa shape index (κ3) is 2.48. The van der Waals surface area contributed by atoms with Gasteiger partial charge in [-0.25, -0.2) is 4.98 Å². The maximum atomic E-state index is 12.0. The summed E-state index contributed by atoms with van der Waals surface area (Å²) < 4.78 is 0. The van der Waals surface area contributed by atoms with Gasteiger partial charge in [0.25, 0.3) is 0 Å². The Bertz CT molecular complexity index is 478. The summed E-state index contributed by atoms with van der Waals surface area (Å²) in [7, 11) is 0. The number of hydrogen-bond donors (Lipinski definition) is 1. The number of nitrogens with zero attached hydrogens (tertiary/aromatic N) is 2. The Morgan fingerprint density at radius 3 is 3.00 bits per heavy atom. The average Bonchev–Trinajstić information content (AvgIpc) is 2.60. The number of aromatic nitrogens is 1. The number of carbonyl (C=O) groups excluding carboxylic acids is 2. The Labute approximate surface area is 110 Å². The van der Waals surface area contributed by atoms with Gasteiger partial charge in [0.1, 0.15) is 5.03 Å². The van der Waals surface area contributed by atoms with E-state index in [9.17, 15) is 9.59 Å². The lowest BCUT2D eigenvalue weighted by molar-refractivity contribution is -0.138. The van der Waals surface area contributed by atoms with Gasteiger partial charge in [0.05, 0.1) is 10.9 Å². The van der Waals surface area contributed by atoms with E-state index in [1.54, 1.807) is 18.3 Å². The zero-order valence-electron chi connectivity index (χ0n) is 10.1. The van der Waals surface area contributed by atoms with Gasteiger partial charge in [-0.1, -0.05) is 18.7 Å². The van der Waals surface area contributed by atoms with E-state index in [2.05, 4.69) is 4.98 Å². The lowest BCUT2D eigenvalue weighted by Gasteiger charge is -2.13. The normalized spacial score (nSPS) is 19.6. The monoisotopic (exact) mass is 265 g/mol. The zero-order chi connectivity index (χ0) is 13.1. The predicted molar refractivity (Wildman–Crippen MR) is 69.9 cm³/mol. The smallest absolute Gasteiger partial charge is 0.243 e. The molecule has 1 aliphatic rings. The number of anilines is 1. The van der Waals surface area contributed by atoms with Gasteiger partial charge >= 0.3 is 0 Å². The molecule has 96 valence electrons. The molecule has 0 radical (unpaired) electrons. The van der Waals surface area contributed by atoms with Crippen molar-refractivity contribution in [3.05, 3.63) is 18.3 Å². The van der Waals surface area contributed by atoms with Crippen molar-refractivity contribution in [3.8, 4) is 0 Å². The van der Waals surface area contributed by atoms with Crippen LogP contribution in [-0.2, 0) is 9.59 Å². The van der Waals surface area contributed by atoms with Gasteiger partial charge in [-0.3, -0.25) is 14.5 Å². The van der Waals surface area contributed by atoms with Gasteiger partial charge in [-0.2, -0.15) is 0 Å². The van der Waals surface area contributed by atoms with Gasteiger partial charge in [0.2, 0.25) is 11.8 Å². The minimum Gasteiger partial charge on any atom is -0.397 e. The van der Waals surface area contributed by atoms with Crippen molar-refractivity contribution in [1.82, 2.24) is 9.88 Å². The van der Waals surface area contributed by atoms with Gasteiger partial charge < -0.3 is 5.73 Å². The lowest BCUT2D eigenvalue weighted by atomic mass is 10.4. The molecule has 0 saturated carbocycles. The SMILES string of the molecule is CCCN1C(=O)CC(Sc2ncccc2N)C1=O. The molecule has 1 atom stereocenters. The van der Waals surface area contributed by atoms with Crippen molar-refractivity contribution < 1.29 is 9.59 Å². The fraction of sp³-hybridized carbons (Fsp3) is 0.417. The first-order chi connectivity index (χ1) is 8.63. The molecule has 0 bridgehead atoms. The molecule has 2 rings (SSSR count). The molecule has 0 spiro atoms. The highest BCUT2D eigenvalue weighted by atomic mass is 32.2. The molecular weight excluding hydrogens is 250 g/mol. The number of pyridine rings is 1. The van der Waals surface area contributed by atoms with Crippen LogP contribution in [0.1, 0.15) is 19.8 Å². The first-order valence-corrected chi connectivity index (χ1v) is 6.72. The topological polar surface area (TPSA) is 76.3 Å². The molecule has 6 heteroatoms. The van der Waals surface area contributed by atoms with Crippen molar-refractivity contribution in [2.45, 2.75) is 30.0 Å². The average molecular weight is 265 g/mol. The molecule has 0 aliphatic carbocycles. The Morgan fingerprint density at radius 2 is 2.33 bits per heavy atom. The first kappa shape index (κ1) is 12.9. The van der Waals surface area contributed by atoms with Crippen LogP contribution in [0.5, 0.6) is 0 Å². The van der Waals surface area contributed by atoms with Crippen LogP contribution in [0.4, 0.5) is 5.69 Å². The maximum Gasteiger partial charge on any atom is 0.243 e. The standard InChI is InChI=1S/C12H15N3O2S/c1-2-6-15-10(16)7-9(12(15)17)18-11-8(13)4-3-5-14-11/h3-5,9H,2,6-7,13H2,1H3. The van der Waals surface area contributed by atoms with E-state index in [0.717, 1.165) is 6.42 Å². The highest BCUT2D eigenvalue weighted by molar-refractivity contribution is 8.00. The number of carbonyl (C=O) groups is 2. The van der Waals surface area contributed by atoms with E-state index in [1.807, 2.05) is 6.92 Å². The third-order valence-corrected chi connectivity index (χ3v) is 3.92. The summed E-state index contributed by atoms with van der Waals surface area (Å²) in [6.07, 6.45) is 2.64.